The summed E-state index contributed by atoms with van der Waals surface area (Å²) in [5.41, 5.74) is 0.889. The first kappa shape index (κ1) is 17.5. The maximum absolute atomic E-state index is 12.9. The summed E-state index contributed by atoms with van der Waals surface area (Å²) < 4.78 is 5.77. The van der Waals surface area contributed by atoms with Crippen LogP contribution >= 0.6 is 23.2 Å². The van der Waals surface area contributed by atoms with Crippen LogP contribution in [0.3, 0.4) is 0 Å². The predicted octanol–water partition coefficient (Wildman–Crippen LogP) is 4.78. The van der Waals surface area contributed by atoms with E-state index in [1.54, 1.807) is 30.3 Å². The van der Waals surface area contributed by atoms with Gasteiger partial charge in [0.2, 0.25) is 0 Å². The molecule has 3 aliphatic carbocycles. The molecule has 0 radical (unpaired) electrons. The Bertz CT molecular complexity index is 1100. The van der Waals surface area contributed by atoms with Gasteiger partial charge >= 0.3 is 0 Å². The van der Waals surface area contributed by atoms with Gasteiger partial charge in [-0.05, 0) is 60.4 Å². The van der Waals surface area contributed by atoms with E-state index >= 15 is 0 Å². The van der Waals surface area contributed by atoms with Crippen molar-refractivity contribution in [1.29, 1.82) is 0 Å². The van der Waals surface area contributed by atoms with Crippen LogP contribution in [0.2, 0.25) is 10.0 Å². The van der Waals surface area contributed by atoms with Gasteiger partial charge in [0.15, 0.2) is 0 Å². The molecule has 7 heteroatoms. The first-order valence-corrected chi connectivity index (χ1v) is 10.4. The SMILES string of the molecule is O=C1[C@@H]2[C@H](C(=O)N1/N=C\c1ccc(-c3ccc(Cl)cc3Cl)o1)[C@H]1C=C[C@H]2C12CC2. The van der Waals surface area contributed by atoms with Gasteiger partial charge in [-0.25, -0.2) is 0 Å². The zero-order valence-electron chi connectivity index (χ0n) is 15.2. The van der Waals surface area contributed by atoms with Crippen molar-refractivity contribution < 1.29 is 14.0 Å². The van der Waals surface area contributed by atoms with Crippen LogP contribution in [-0.2, 0) is 9.59 Å². The number of hydrogen-bond donors (Lipinski definition) is 0. The largest absolute Gasteiger partial charge is 0.455 e. The molecule has 2 heterocycles. The highest BCUT2D eigenvalue weighted by Gasteiger charge is 2.73. The lowest BCUT2D eigenvalue weighted by atomic mass is 9.85. The van der Waals surface area contributed by atoms with Crippen molar-refractivity contribution in [2.45, 2.75) is 12.8 Å². The molecule has 1 saturated heterocycles. The minimum Gasteiger partial charge on any atom is -0.455 e. The van der Waals surface area contributed by atoms with Gasteiger partial charge in [0.05, 0.1) is 23.1 Å². The second-order valence-electron chi connectivity index (χ2n) is 8.28. The lowest BCUT2D eigenvalue weighted by molar-refractivity contribution is -0.141. The van der Waals surface area contributed by atoms with Crippen LogP contribution in [0.4, 0.5) is 0 Å². The van der Waals surface area contributed by atoms with Crippen LogP contribution in [0.1, 0.15) is 18.6 Å². The molecule has 1 spiro atoms. The second kappa shape index (κ2) is 5.83. The molecule has 146 valence electrons. The minimum atomic E-state index is -0.253. The van der Waals surface area contributed by atoms with Crippen molar-refractivity contribution in [3.8, 4) is 11.3 Å². The van der Waals surface area contributed by atoms with E-state index in [0.717, 1.165) is 17.9 Å². The molecule has 6 rings (SSSR count). The Morgan fingerprint density at radius 3 is 2.34 bits per heavy atom. The Kier molecular flexibility index (Phi) is 3.52. The molecule has 1 aromatic carbocycles. The number of hydrazone groups is 1. The molecule has 2 aromatic rings. The second-order valence-corrected chi connectivity index (χ2v) is 9.12. The number of halogens is 2. The third-order valence-electron chi connectivity index (χ3n) is 6.95. The summed E-state index contributed by atoms with van der Waals surface area (Å²) in [5.74, 6) is 0.492. The summed E-state index contributed by atoms with van der Waals surface area (Å²) in [7, 11) is 0. The first-order chi connectivity index (χ1) is 14.0. The van der Waals surface area contributed by atoms with Crippen LogP contribution < -0.4 is 0 Å². The summed E-state index contributed by atoms with van der Waals surface area (Å²) in [5, 5.41) is 6.24. The number of carbonyl (C=O) groups is 2. The third kappa shape index (κ3) is 2.31. The summed E-state index contributed by atoms with van der Waals surface area (Å²) in [4.78, 5) is 25.8. The third-order valence-corrected chi connectivity index (χ3v) is 7.50. The van der Waals surface area contributed by atoms with Crippen molar-refractivity contribution in [3.63, 3.8) is 0 Å². The molecule has 0 unspecified atom stereocenters. The van der Waals surface area contributed by atoms with Gasteiger partial charge in [0.1, 0.15) is 11.5 Å². The highest BCUT2D eigenvalue weighted by atomic mass is 35.5. The van der Waals surface area contributed by atoms with E-state index in [0.29, 0.717) is 27.1 Å². The Labute approximate surface area is 177 Å². The molecule has 1 aliphatic heterocycles. The number of furan rings is 1. The molecular formula is C22H16Cl2N2O3. The van der Waals surface area contributed by atoms with Crippen molar-refractivity contribution >= 4 is 41.2 Å². The molecule has 2 bridgehead atoms. The van der Waals surface area contributed by atoms with Crippen LogP contribution in [0.15, 0.2) is 52.0 Å². The van der Waals surface area contributed by atoms with Gasteiger partial charge in [0.25, 0.3) is 11.8 Å². The summed E-state index contributed by atoms with van der Waals surface area (Å²) in [6, 6.07) is 8.63. The zero-order chi connectivity index (χ0) is 19.9. The zero-order valence-corrected chi connectivity index (χ0v) is 16.7. The fraction of sp³-hybridized carbons (Fsp3) is 0.318. The molecule has 2 saturated carbocycles. The summed E-state index contributed by atoms with van der Waals surface area (Å²) >= 11 is 12.2. The first-order valence-electron chi connectivity index (χ1n) is 9.65. The lowest BCUT2D eigenvalue weighted by Gasteiger charge is -2.18. The number of benzene rings is 1. The lowest BCUT2D eigenvalue weighted by Crippen LogP contribution is -2.30. The number of imide groups is 1. The van der Waals surface area contributed by atoms with Gasteiger partial charge in [0, 0.05) is 10.6 Å². The molecule has 3 fully saturated rings. The summed E-state index contributed by atoms with van der Waals surface area (Å²) in [6.45, 7) is 0. The number of carbonyl (C=O) groups excluding carboxylic acids is 2. The molecule has 0 N–H and O–H groups in total. The Hall–Kier alpha value is -2.37. The van der Waals surface area contributed by atoms with Gasteiger partial charge < -0.3 is 4.42 Å². The van der Waals surface area contributed by atoms with E-state index in [9.17, 15) is 9.59 Å². The number of nitrogens with zero attached hydrogens (tertiary/aromatic N) is 2. The number of fused-ring (bicyclic) bond motifs is 3. The maximum atomic E-state index is 12.9. The van der Waals surface area contributed by atoms with E-state index in [4.69, 9.17) is 27.6 Å². The number of rotatable bonds is 3. The van der Waals surface area contributed by atoms with Crippen LogP contribution in [-0.4, -0.2) is 23.0 Å². The Balaban J connectivity index is 1.24. The molecule has 4 aliphatic rings. The Morgan fingerprint density at radius 2 is 1.72 bits per heavy atom. The average molecular weight is 427 g/mol. The monoisotopic (exact) mass is 426 g/mol. The molecule has 1 aromatic heterocycles. The van der Waals surface area contributed by atoms with E-state index < -0.39 is 0 Å². The van der Waals surface area contributed by atoms with Crippen molar-refractivity contribution in [3.05, 3.63) is 58.3 Å². The van der Waals surface area contributed by atoms with Crippen LogP contribution in [0.25, 0.3) is 11.3 Å². The average Bonchev–Trinajstić information content (AvgIpc) is 2.98. The van der Waals surface area contributed by atoms with Crippen LogP contribution in [0.5, 0.6) is 0 Å². The molecular weight excluding hydrogens is 411 g/mol. The van der Waals surface area contributed by atoms with Crippen molar-refractivity contribution in [1.82, 2.24) is 5.01 Å². The fourth-order valence-electron chi connectivity index (χ4n) is 5.55. The van der Waals surface area contributed by atoms with Gasteiger partial charge in [-0.1, -0.05) is 35.4 Å². The molecule has 5 nitrogen and oxygen atoms in total. The predicted molar refractivity (Wildman–Crippen MR) is 108 cm³/mol. The Morgan fingerprint density at radius 1 is 1.03 bits per heavy atom. The number of allylic oxidation sites excluding steroid dienone is 2. The quantitative estimate of drug-likeness (QED) is 0.402. The van der Waals surface area contributed by atoms with E-state index in [2.05, 4.69) is 17.3 Å². The smallest absolute Gasteiger partial charge is 0.254 e. The molecule has 2 amide bonds. The maximum Gasteiger partial charge on any atom is 0.254 e. The van der Waals surface area contributed by atoms with Gasteiger partial charge in [-0.2, -0.15) is 10.1 Å². The molecule has 4 atom stereocenters. The molecule has 29 heavy (non-hydrogen) atoms. The van der Waals surface area contributed by atoms with E-state index in [1.165, 1.54) is 6.21 Å². The topological polar surface area (TPSA) is 62.9 Å². The highest BCUT2D eigenvalue weighted by Crippen LogP contribution is 2.73. The van der Waals surface area contributed by atoms with Crippen molar-refractivity contribution in [2.24, 2.45) is 34.2 Å². The fourth-order valence-corrected chi connectivity index (χ4v) is 6.05. The van der Waals surface area contributed by atoms with Gasteiger partial charge in [-0.3, -0.25) is 9.59 Å². The standard InChI is InChI=1S/C22H16Cl2N2O3/c23-11-1-3-13(16(24)9-11)17-6-2-12(29-17)10-25-26-20(27)18-14-4-5-15(19(18)21(26)28)22(14)7-8-22/h1-6,9-10,14-15,18-19H,7-8H2/b25-10-/t14-,15-,18-,19+/m1/s1. The highest BCUT2D eigenvalue weighted by molar-refractivity contribution is 6.36. The van der Waals surface area contributed by atoms with E-state index in [-0.39, 0.29) is 40.9 Å². The van der Waals surface area contributed by atoms with Crippen molar-refractivity contribution in [2.75, 3.05) is 0 Å². The van der Waals surface area contributed by atoms with Gasteiger partial charge in [-0.15, -0.1) is 0 Å². The number of amides is 2. The normalized spacial score (nSPS) is 30.9. The van der Waals surface area contributed by atoms with Crippen LogP contribution in [0, 0.1) is 29.1 Å². The van der Waals surface area contributed by atoms with E-state index in [1.807, 2.05) is 0 Å². The minimum absolute atomic E-state index is 0.185. The summed E-state index contributed by atoms with van der Waals surface area (Å²) in [6.07, 6.45) is 7.94. The number of hydrogen-bond acceptors (Lipinski definition) is 4.